The van der Waals surface area contributed by atoms with Crippen LogP contribution in [0.3, 0.4) is 0 Å². The van der Waals surface area contributed by atoms with E-state index >= 15 is 0 Å². The zero-order chi connectivity index (χ0) is 26.5. The average molecular weight is 531 g/mol. The molecule has 8 rings (SSSR count). The predicted molar refractivity (Wildman–Crippen MR) is 154 cm³/mol. The molecule has 5 aromatic rings. The smallest absolute Gasteiger partial charge is 0.248 e. The van der Waals surface area contributed by atoms with Crippen LogP contribution in [-0.4, -0.2) is 59.9 Å². The fraction of sp³-hybridized carbons (Fsp3) is 0.333. The van der Waals surface area contributed by atoms with Gasteiger partial charge >= 0.3 is 0 Å². The SMILES string of the molecule is c1ccc(-n2cnc(Nc3cc(-c4nc(N5CCC6NCCCC65)c5c(C6CC6)cncc5n4)ccn3)n2)cc1. The number of aromatic nitrogens is 7. The molecule has 200 valence electrons. The van der Waals surface area contributed by atoms with Gasteiger partial charge in [-0.1, -0.05) is 18.2 Å². The molecule has 4 aromatic heterocycles. The van der Waals surface area contributed by atoms with Crippen LogP contribution in [0.2, 0.25) is 0 Å². The summed E-state index contributed by atoms with van der Waals surface area (Å²) in [5.41, 5.74) is 4.03. The molecule has 0 spiro atoms. The molecule has 40 heavy (non-hydrogen) atoms. The molecule has 3 fully saturated rings. The highest BCUT2D eigenvalue weighted by Gasteiger charge is 2.38. The minimum atomic E-state index is 0.459. The molecule has 1 aliphatic carbocycles. The first-order valence-electron chi connectivity index (χ1n) is 14.2. The first kappa shape index (κ1) is 23.4. The lowest BCUT2D eigenvalue weighted by Gasteiger charge is -2.34. The third kappa shape index (κ3) is 4.24. The summed E-state index contributed by atoms with van der Waals surface area (Å²) >= 11 is 0. The first-order valence-corrected chi connectivity index (χ1v) is 14.2. The molecule has 0 radical (unpaired) electrons. The minimum Gasteiger partial charge on any atom is -0.351 e. The van der Waals surface area contributed by atoms with Gasteiger partial charge in [0.1, 0.15) is 18.0 Å². The van der Waals surface area contributed by atoms with Gasteiger partial charge in [-0.05, 0) is 74.4 Å². The summed E-state index contributed by atoms with van der Waals surface area (Å²) in [5.74, 6) is 3.40. The molecule has 1 aromatic carbocycles. The summed E-state index contributed by atoms with van der Waals surface area (Å²) in [6.07, 6.45) is 13.3. The average Bonchev–Trinajstić information content (AvgIpc) is 3.60. The van der Waals surface area contributed by atoms with Crippen LogP contribution in [0.15, 0.2) is 67.4 Å². The van der Waals surface area contributed by atoms with E-state index in [1.165, 1.54) is 36.6 Å². The van der Waals surface area contributed by atoms with E-state index in [1.54, 1.807) is 17.2 Å². The van der Waals surface area contributed by atoms with Gasteiger partial charge in [-0.2, -0.15) is 4.98 Å². The van der Waals surface area contributed by atoms with Crippen molar-refractivity contribution in [3.05, 3.63) is 72.9 Å². The zero-order valence-corrected chi connectivity index (χ0v) is 22.1. The molecule has 10 heteroatoms. The topological polar surface area (TPSA) is 110 Å². The Morgan fingerprint density at radius 3 is 2.77 bits per heavy atom. The Balaban J connectivity index is 1.17. The Labute approximate surface area is 231 Å². The second-order valence-electron chi connectivity index (χ2n) is 10.9. The molecule has 6 heterocycles. The Morgan fingerprint density at radius 1 is 0.950 bits per heavy atom. The maximum Gasteiger partial charge on any atom is 0.248 e. The van der Waals surface area contributed by atoms with Crippen LogP contribution in [0.4, 0.5) is 17.6 Å². The maximum absolute atomic E-state index is 5.28. The largest absolute Gasteiger partial charge is 0.351 e. The zero-order valence-electron chi connectivity index (χ0n) is 22.1. The summed E-state index contributed by atoms with van der Waals surface area (Å²) < 4.78 is 1.73. The highest BCUT2D eigenvalue weighted by Crippen LogP contribution is 2.46. The van der Waals surface area contributed by atoms with Gasteiger partial charge in [0.2, 0.25) is 5.95 Å². The number of pyridine rings is 2. The Bertz CT molecular complexity index is 1680. The number of hydrogen-bond donors (Lipinski definition) is 2. The molecule has 3 aliphatic rings. The molecule has 2 N–H and O–H groups in total. The van der Waals surface area contributed by atoms with E-state index in [0.29, 0.717) is 35.6 Å². The van der Waals surface area contributed by atoms with Gasteiger partial charge in [0.15, 0.2) is 5.82 Å². The second kappa shape index (κ2) is 9.63. The fourth-order valence-electron chi connectivity index (χ4n) is 6.22. The van der Waals surface area contributed by atoms with Crippen molar-refractivity contribution < 1.29 is 0 Å². The summed E-state index contributed by atoms with van der Waals surface area (Å²) in [7, 11) is 0. The predicted octanol–water partition coefficient (Wildman–Crippen LogP) is 4.62. The number of nitrogens with zero attached hydrogens (tertiary/aromatic N) is 8. The third-order valence-electron chi connectivity index (χ3n) is 8.31. The summed E-state index contributed by atoms with van der Waals surface area (Å²) in [5, 5.41) is 12.7. The molecule has 2 unspecified atom stereocenters. The number of rotatable bonds is 6. The van der Waals surface area contributed by atoms with E-state index in [0.717, 1.165) is 42.1 Å². The quantitative estimate of drug-likeness (QED) is 0.325. The fourth-order valence-corrected chi connectivity index (χ4v) is 6.22. The lowest BCUT2D eigenvalue weighted by Crippen LogP contribution is -2.47. The molecular weight excluding hydrogens is 500 g/mol. The molecule has 1 saturated carbocycles. The Morgan fingerprint density at radius 2 is 1.88 bits per heavy atom. The van der Waals surface area contributed by atoms with Gasteiger partial charge in [0.25, 0.3) is 0 Å². The van der Waals surface area contributed by atoms with Crippen LogP contribution in [0, 0.1) is 0 Å². The molecule has 0 amide bonds. The van der Waals surface area contributed by atoms with Crippen molar-refractivity contribution >= 4 is 28.5 Å². The third-order valence-corrected chi connectivity index (χ3v) is 8.31. The standard InChI is InChI=1S/C30H30N10/c1-2-5-21(6-3-1)40-18-34-30(38-40)36-26-15-20(10-13-33-26)28-35-24-17-31-16-22(19-8-9-19)27(24)29(37-28)39-14-11-23-25(39)7-4-12-32-23/h1-3,5-6,10,13,15-19,23,25,32H,4,7-9,11-12,14H2,(H,33,36,38). The van der Waals surface area contributed by atoms with E-state index in [9.17, 15) is 0 Å². The maximum atomic E-state index is 5.28. The van der Waals surface area contributed by atoms with Crippen molar-refractivity contribution in [2.45, 2.75) is 50.1 Å². The monoisotopic (exact) mass is 530 g/mol. The van der Waals surface area contributed by atoms with Crippen LogP contribution in [0.1, 0.15) is 43.6 Å². The van der Waals surface area contributed by atoms with Crippen molar-refractivity contribution in [1.29, 1.82) is 0 Å². The van der Waals surface area contributed by atoms with Crippen molar-refractivity contribution in [2.24, 2.45) is 0 Å². The number of anilines is 3. The second-order valence-corrected chi connectivity index (χ2v) is 10.9. The van der Waals surface area contributed by atoms with Gasteiger partial charge in [0.05, 0.1) is 17.4 Å². The van der Waals surface area contributed by atoms with E-state index in [4.69, 9.17) is 9.97 Å². The highest BCUT2D eigenvalue weighted by atomic mass is 15.4. The van der Waals surface area contributed by atoms with Crippen LogP contribution in [0.5, 0.6) is 0 Å². The van der Waals surface area contributed by atoms with Gasteiger partial charge in [-0.15, -0.1) is 5.10 Å². The Kier molecular flexibility index (Phi) is 5.65. The van der Waals surface area contributed by atoms with Crippen LogP contribution in [0.25, 0.3) is 28.0 Å². The number of para-hydroxylation sites is 1. The van der Waals surface area contributed by atoms with Gasteiger partial charge in [0, 0.05) is 42.0 Å². The summed E-state index contributed by atoms with van der Waals surface area (Å²) in [6.45, 7) is 2.10. The molecule has 0 bridgehead atoms. The van der Waals surface area contributed by atoms with Crippen LogP contribution < -0.4 is 15.5 Å². The number of nitrogens with one attached hydrogen (secondary N) is 2. The highest BCUT2D eigenvalue weighted by molar-refractivity contribution is 5.94. The van der Waals surface area contributed by atoms with Crippen molar-refractivity contribution in [3.63, 3.8) is 0 Å². The molecular formula is C30H30N10. The van der Waals surface area contributed by atoms with Crippen LogP contribution >= 0.6 is 0 Å². The molecule has 2 atom stereocenters. The van der Waals surface area contributed by atoms with Crippen molar-refractivity contribution in [2.75, 3.05) is 23.3 Å². The minimum absolute atomic E-state index is 0.459. The van der Waals surface area contributed by atoms with Crippen molar-refractivity contribution in [3.8, 4) is 17.1 Å². The lowest BCUT2D eigenvalue weighted by molar-refractivity contribution is 0.382. The van der Waals surface area contributed by atoms with E-state index < -0.39 is 0 Å². The number of piperidine rings is 1. The molecule has 2 aliphatic heterocycles. The van der Waals surface area contributed by atoms with Gasteiger partial charge < -0.3 is 15.5 Å². The normalized spacial score (nSPS) is 20.6. The summed E-state index contributed by atoms with van der Waals surface area (Å²) in [4.78, 5) is 26.4. The van der Waals surface area contributed by atoms with Gasteiger partial charge in [-0.25, -0.2) is 19.6 Å². The van der Waals surface area contributed by atoms with Crippen LogP contribution in [-0.2, 0) is 0 Å². The number of fused-ring (bicyclic) bond motifs is 2. The van der Waals surface area contributed by atoms with E-state index in [1.807, 2.05) is 54.9 Å². The van der Waals surface area contributed by atoms with Crippen molar-refractivity contribution in [1.82, 2.24) is 40.0 Å². The van der Waals surface area contributed by atoms with Gasteiger partial charge in [-0.3, -0.25) is 4.98 Å². The van der Waals surface area contributed by atoms with E-state index in [2.05, 4.69) is 35.6 Å². The Hall–Kier alpha value is -4.44. The lowest BCUT2D eigenvalue weighted by atomic mass is 9.99. The number of benzene rings is 1. The molecule has 10 nitrogen and oxygen atoms in total. The number of hydrogen-bond acceptors (Lipinski definition) is 9. The summed E-state index contributed by atoms with van der Waals surface area (Å²) in [6, 6.07) is 14.8. The molecule has 2 saturated heterocycles. The first-order chi connectivity index (χ1) is 19.8. The van der Waals surface area contributed by atoms with E-state index in [-0.39, 0.29) is 0 Å².